The number of halogens is 1. The molecular formula is C26H23ClN2O2. The van der Waals surface area contributed by atoms with Crippen LogP contribution in [0.3, 0.4) is 0 Å². The molecule has 0 amide bonds. The number of Topliss-reactive ketones (excluding diaryl/α,β-unsaturated/α-hetero) is 1. The fraction of sp³-hybridized carbons (Fsp3) is 0.192. The smallest absolute Gasteiger partial charge is 0.163 e. The lowest BCUT2D eigenvalue weighted by atomic mass is 9.78. The molecule has 0 saturated carbocycles. The highest BCUT2D eigenvalue weighted by molar-refractivity contribution is 6.30. The van der Waals surface area contributed by atoms with Gasteiger partial charge in [-0.3, -0.25) is 4.79 Å². The summed E-state index contributed by atoms with van der Waals surface area (Å²) < 4.78 is 5.58. The standard InChI is InChI=1S/C26H23ClN2O2/c1-31-24-9-5-2-6-19(24)17-14-22-25(23(30)15-17)26(16-10-12-18(27)13-11-16)29-21-8-4-3-7-20(21)28-22/h2-13,17,26,28-29H,14-15H2,1H3. The van der Waals surface area contributed by atoms with Crippen molar-refractivity contribution in [2.24, 2.45) is 0 Å². The summed E-state index contributed by atoms with van der Waals surface area (Å²) >= 11 is 6.12. The molecule has 2 unspecified atom stereocenters. The maximum atomic E-state index is 13.6. The van der Waals surface area contributed by atoms with E-state index in [0.717, 1.165) is 45.9 Å². The van der Waals surface area contributed by atoms with Gasteiger partial charge in [-0.05, 0) is 47.9 Å². The summed E-state index contributed by atoms with van der Waals surface area (Å²) in [4.78, 5) is 13.6. The van der Waals surface area contributed by atoms with Gasteiger partial charge in [0.15, 0.2) is 5.78 Å². The summed E-state index contributed by atoms with van der Waals surface area (Å²) in [5.41, 5.74) is 5.78. The molecule has 1 aliphatic heterocycles. The third-order valence-corrected chi connectivity index (χ3v) is 6.34. The number of allylic oxidation sites excluding steroid dienone is 1. The van der Waals surface area contributed by atoms with Crippen molar-refractivity contribution in [3.63, 3.8) is 0 Å². The van der Waals surface area contributed by atoms with Crippen LogP contribution in [0.5, 0.6) is 5.75 Å². The van der Waals surface area contributed by atoms with E-state index in [-0.39, 0.29) is 17.7 Å². The fourth-order valence-corrected chi connectivity index (χ4v) is 4.75. The first-order valence-electron chi connectivity index (χ1n) is 10.4. The zero-order valence-corrected chi connectivity index (χ0v) is 17.9. The zero-order chi connectivity index (χ0) is 21.4. The van der Waals surface area contributed by atoms with E-state index in [9.17, 15) is 4.79 Å². The first-order valence-corrected chi connectivity index (χ1v) is 10.8. The van der Waals surface area contributed by atoms with Crippen LogP contribution in [0.25, 0.3) is 0 Å². The average molecular weight is 431 g/mol. The Hall–Kier alpha value is -3.24. The number of benzene rings is 3. The van der Waals surface area contributed by atoms with Crippen LogP contribution in [0.2, 0.25) is 5.02 Å². The second-order valence-electron chi connectivity index (χ2n) is 7.96. The molecule has 1 aliphatic carbocycles. The molecule has 0 fully saturated rings. The Bertz CT molecular complexity index is 1170. The first kappa shape index (κ1) is 19.7. The predicted molar refractivity (Wildman–Crippen MR) is 125 cm³/mol. The van der Waals surface area contributed by atoms with Crippen molar-refractivity contribution < 1.29 is 9.53 Å². The monoisotopic (exact) mass is 430 g/mol. The van der Waals surface area contributed by atoms with Gasteiger partial charge < -0.3 is 15.4 Å². The molecule has 156 valence electrons. The summed E-state index contributed by atoms with van der Waals surface area (Å²) in [6.45, 7) is 0. The number of hydrogen-bond acceptors (Lipinski definition) is 4. The number of anilines is 2. The summed E-state index contributed by atoms with van der Waals surface area (Å²) in [7, 11) is 1.68. The Morgan fingerprint density at radius 1 is 0.903 bits per heavy atom. The second kappa shape index (κ2) is 8.12. The Kier molecular flexibility index (Phi) is 5.16. The normalized spacial score (nSPS) is 20.1. The van der Waals surface area contributed by atoms with Crippen LogP contribution in [0.1, 0.15) is 35.9 Å². The number of para-hydroxylation sites is 3. The van der Waals surface area contributed by atoms with Gasteiger partial charge in [-0.1, -0.05) is 54.1 Å². The predicted octanol–water partition coefficient (Wildman–Crippen LogP) is 6.33. The van der Waals surface area contributed by atoms with E-state index in [1.807, 2.05) is 66.7 Å². The number of nitrogens with one attached hydrogen (secondary N) is 2. The molecule has 0 bridgehead atoms. The number of carbonyl (C=O) groups excluding carboxylic acids is 1. The molecule has 3 aromatic rings. The third-order valence-electron chi connectivity index (χ3n) is 6.09. The van der Waals surface area contributed by atoms with E-state index < -0.39 is 0 Å². The molecule has 5 heteroatoms. The van der Waals surface area contributed by atoms with Crippen molar-refractivity contribution in [1.29, 1.82) is 0 Å². The number of ketones is 1. The highest BCUT2D eigenvalue weighted by atomic mass is 35.5. The molecule has 0 aromatic heterocycles. The van der Waals surface area contributed by atoms with E-state index in [4.69, 9.17) is 16.3 Å². The summed E-state index contributed by atoms with van der Waals surface area (Å²) in [5.74, 6) is 1.03. The van der Waals surface area contributed by atoms with Gasteiger partial charge in [0.25, 0.3) is 0 Å². The quantitative estimate of drug-likeness (QED) is 0.509. The number of ether oxygens (including phenoxy) is 1. The van der Waals surface area contributed by atoms with E-state index in [1.54, 1.807) is 7.11 Å². The average Bonchev–Trinajstić information content (AvgIpc) is 2.96. The summed E-state index contributed by atoms with van der Waals surface area (Å²) in [6, 6.07) is 23.5. The van der Waals surface area contributed by atoms with E-state index in [1.165, 1.54) is 0 Å². The lowest BCUT2D eigenvalue weighted by Crippen LogP contribution is -2.27. The molecule has 4 nitrogen and oxygen atoms in total. The number of hydrogen-bond donors (Lipinski definition) is 2. The van der Waals surface area contributed by atoms with E-state index in [0.29, 0.717) is 11.4 Å². The van der Waals surface area contributed by atoms with Crippen molar-refractivity contribution in [2.45, 2.75) is 24.8 Å². The van der Waals surface area contributed by atoms with Crippen LogP contribution in [0.15, 0.2) is 84.1 Å². The van der Waals surface area contributed by atoms with Crippen LogP contribution >= 0.6 is 11.6 Å². The van der Waals surface area contributed by atoms with Crippen molar-refractivity contribution in [3.8, 4) is 5.75 Å². The van der Waals surface area contributed by atoms with Crippen molar-refractivity contribution >= 4 is 28.8 Å². The largest absolute Gasteiger partial charge is 0.496 e. The zero-order valence-electron chi connectivity index (χ0n) is 17.2. The van der Waals surface area contributed by atoms with E-state index >= 15 is 0 Å². The van der Waals surface area contributed by atoms with Crippen LogP contribution in [0.4, 0.5) is 11.4 Å². The molecule has 31 heavy (non-hydrogen) atoms. The van der Waals surface area contributed by atoms with Crippen LogP contribution < -0.4 is 15.4 Å². The number of rotatable bonds is 3. The van der Waals surface area contributed by atoms with Gasteiger partial charge in [-0.15, -0.1) is 0 Å². The van der Waals surface area contributed by atoms with Gasteiger partial charge in [0.2, 0.25) is 0 Å². The summed E-state index contributed by atoms with van der Waals surface area (Å²) in [5, 5.41) is 7.84. The molecule has 3 aromatic carbocycles. The van der Waals surface area contributed by atoms with Crippen molar-refractivity contribution in [1.82, 2.24) is 0 Å². The highest BCUT2D eigenvalue weighted by Gasteiger charge is 2.36. The SMILES string of the molecule is COc1ccccc1C1CC(=O)C2=C(C1)Nc1ccccc1NC2c1ccc(Cl)cc1. The van der Waals surface area contributed by atoms with Crippen LogP contribution in [-0.2, 0) is 4.79 Å². The topological polar surface area (TPSA) is 50.4 Å². The maximum Gasteiger partial charge on any atom is 0.163 e. The number of fused-ring (bicyclic) bond motifs is 1. The minimum atomic E-state index is -0.241. The molecule has 2 aliphatic rings. The van der Waals surface area contributed by atoms with Gasteiger partial charge in [-0.2, -0.15) is 0 Å². The van der Waals surface area contributed by atoms with Crippen molar-refractivity contribution in [3.05, 3.63) is 100 Å². The molecule has 0 saturated heterocycles. The number of methoxy groups -OCH3 is 1. The second-order valence-corrected chi connectivity index (χ2v) is 8.40. The molecule has 0 spiro atoms. The van der Waals surface area contributed by atoms with Gasteiger partial charge >= 0.3 is 0 Å². The third kappa shape index (κ3) is 3.68. The van der Waals surface area contributed by atoms with Gasteiger partial charge in [-0.25, -0.2) is 0 Å². The Labute approximate surface area is 186 Å². The molecular weight excluding hydrogens is 408 g/mol. The Balaban J connectivity index is 1.61. The molecule has 1 heterocycles. The Morgan fingerprint density at radius 3 is 2.39 bits per heavy atom. The molecule has 5 rings (SSSR count). The lowest BCUT2D eigenvalue weighted by Gasteiger charge is -2.30. The summed E-state index contributed by atoms with van der Waals surface area (Å²) in [6.07, 6.45) is 1.19. The van der Waals surface area contributed by atoms with Gasteiger partial charge in [0.05, 0.1) is 24.5 Å². The number of carbonyl (C=O) groups is 1. The first-order chi connectivity index (χ1) is 15.1. The lowest BCUT2D eigenvalue weighted by molar-refractivity contribution is -0.116. The van der Waals surface area contributed by atoms with Crippen LogP contribution in [-0.4, -0.2) is 12.9 Å². The molecule has 2 atom stereocenters. The highest BCUT2D eigenvalue weighted by Crippen LogP contribution is 2.45. The maximum absolute atomic E-state index is 13.6. The Morgan fingerprint density at radius 2 is 1.61 bits per heavy atom. The minimum absolute atomic E-state index is 0.0611. The molecule has 2 N–H and O–H groups in total. The van der Waals surface area contributed by atoms with Gasteiger partial charge in [0.1, 0.15) is 5.75 Å². The molecule has 0 radical (unpaired) electrons. The van der Waals surface area contributed by atoms with Crippen molar-refractivity contribution in [2.75, 3.05) is 17.7 Å². The minimum Gasteiger partial charge on any atom is -0.496 e. The van der Waals surface area contributed by atoms with Crippen LogP contribution in [0, 0.1) is 0 Å². The van der Waals surface area contributed by atoms with E-state index in [2.05, 4.69) is 16.7 Å². The van der Waals surface area contributed by atoms with Gasteiger partial charge in [0, 0.05) is 28.6 Å². The fourth-order valence-electron chi connectivity index (χ4n) is 4.62.